The molecule has 0 spiro atoms. The first-order chi connectivity index (χ1) is 17.1. The van der Waals surface area contributed by atoms with Gasteiger partial charge >= 0.3 is 12.1 Å². The fourth-order valence-electron chi connectivity index (χ4n) is 4.42. The summed E-state index contributed by atoms with van der Waals surface area (Å²) in [5.74, 6) is 0.227. The molecule has 190 valence electrons. The predicted octanol–water partition coefficient (Wildman–Crippen LogP) is 6.47. The SMILES string of the molecule is C.CCCC[C@H](NC(=O)OCC1c2ccccc2-c2ccccc21)C(=O)OCc1ccc(OC)cc1. The van der Waals surface area contributed by atoms with Gasteiger partial charge in [0.1, 0.15) is 25.0 Å². The van der Waals surface area contributed by atoms with E-state index in [2.05, 4.69) is 29.6 Å². The minimum absolute atomic E-state index is 0. The number of carbonyl (C=O) groups excluding carboxylic acids is 2. The van der Waals surface area contributed by atoms with Gasteiger partial charge in [-0.05, 0) is 46.4 Å². The first-order valence-corrected chi connectivity index (χ1v) is 12.0. The third-order valence-electron chi connectivity index (χ3n) is 6.31. The fraction of sp³-hybridized carbons (Fsp3) is 0.333. The summed E-state index contributed by atoms with van der Waals surface area (Å²) in [6.07, 6.45) is 1.55. The smallest absolute Gasteiger partial charge is 0.407 e. The van der Waals surface area contributed by atoms with Gasteiger partial charge in [0.15, 0.2) is 0 Å². The summed E-state index contributed by atoms with van der Waals surface area (Å²) in [7, 11) is 1.60. The van der Waals surface area contributed by atoms with E-state index in [1.165, 1.54) is 11.1 Å². The average molecular weight is 490 g/mol. The van der Waals surface area contributed by atoms with Crippen LogP contribution in [-0.4, -0.2) is 31.8 Å². The van der Waals surface area contributed by atoms with Gasteiger partial charge in [0.05, 0.1) is 7.11 Å². The molecule has 0 heterocycles. The Kier molecular flexibility index (Phi) is 9.51. The van der Waals surface area contributed by atoms with E-state index in [9.17, 15) is 9.59 Å². The van der Waals surface area contributed by atoms with Crippen molar-refractivity contribution in [3.63, 3.8) is 0 Å². The number of amides is 1. The molecule has 3 aromatic rings. The Hall–Kier alpha value is -3.80. The molecule has 0 aromatic heterocycles. The van der Waals surface area contributed by atoms with Gasteiger partial charge in [0.25, 0.3) is 0 Å². The second-order valence-corrected chi connectivity index (χ2v) is 8.62. The second-order valence-electron chi connectivity index (χ2n) is 8.62. The van der Waals surface area contributed by atoms with Crippen LogP contribution in [0.25, 0.3) is 11.1 Å². The lowest BCUT2D eigenvalue weighted by Crippen LogP contribution is -2.42. The van der Waals surface area contributed by atoms with Gasteiger partial charge in [-0.15, -0.1) is 0 Å². The van der Waals surface area contributed by atoms with Crippen LogP contribution >= 0.6 is 0 Å². The molecule has 36 heavy (non-hydrogen) atoms. The standard InChI is InChI=1S/C29H31NO5.CH4/c1-3-4-13-27(28(31)34-18-20-14-16-21(33-2)17-15-20)30-29(32)35-19-26-24-11-7-5-9-22(24)23-10-6-8-12-25(23)26;/h5-12,14-17,26-27H,3-4,13,18-19H2,1-2H3,(H,30,32);1H4/t27-;/m0./s1. The molecule has 0 unspecified atom stereocenters. The Morgan fingerprint density at radius 2 is 1.50 bits per heavy atom. The van der Waals surface area contributed by atoms with Crippen LogP contribution in [0.4, 0.5) is 4.79 Å². The summed E-state index contributed by atoms with van der Waals surface area (Å²) < 4.78 is 16.3. The maximum absolute atomic E-state index is 12.8. The lowest BCUT2D eigenvalue weighted by atomic mass is 9.98. The second kappa shape index (κ2) is 12.8. The Bertz CT molecular complexity index is 1110. The van der Waals surface area contributed by atoms with Gasteiger partial charge in [-0.1, -0.05) is 87.9 Å². The monoisotopic (exact) mass is 489 g/mol. The van der Waals surface area contributed by atoms with E-state index in [1.807, 2.05) is 55.5 Å². The molecule has 1 amide bonds. The summed E-state index contributed by atoms with van der Waals surface area (Å²) in [4.78, 5) is 25.4. The van der Waals surface area contributed by atoms with Crippen molar-refractivity contribution in [2.75, 3.05) is 13.7 Å². The summed E-state index contributed by atoms with van der Waals surface area (Å²) in [5.41, 5.74) is 5.46. The third kappa shape index (κ3) is 6.25. The Morgan fingerprint density at radius 1 is 0.889 bits per heavy atom. The first kappa shape index (κ1) is 26.8. The maximum Gasteiger partial charge on any atom is 0.407 e. The van der Waals surface area contributed by atoms with Gasteiger partial charge in [-0.25, -0.2) is 9.59 Å². The lowest BCUT2D eigenvalue weighted by molar-refractivity contribution is -0.147. The van der Waals surface area contributed by atoms with E-state index < -0.39 is 18.1 Å². The van der Waals surface area contributed by atoms with Crippen LogP contribution in [0.5, 0.6) is 5.75 Å². The summed E-state index contributed by atoms with van der Waals surface area (Å²) in [5, 5.41) is 2.72. The Morgan fingerprint density at radius 3 is 2.08 bits per heavy atom. The quantitative estimate of drug-likeness (QED) is 0.330. The number of hydrogen-bond acceptors (Lipinski definition) is 5. The molecule has 0 saturated carbocycles. The van der Waals surface area contributed by atoms with Crippen molar-refractivity contribution in [3.8, 4) is 16.9 Å². The Labute approximate surface area is 213 Å². The molecule has 1 atom stereocenters. The maximum atomic E-state index is 12.8. The van der Waals surface area contributed by atoms with E-state index in [4.69, 9.17) is 14.2 Å². The third-order valence-corrected chi connectivity index (χ3v) is 6.31. The molecule has 0 saturated heterocycles. The summed E-state index contributed by atoms with van der Waals surface area (Å²) >= 11 is 0. The highest BCUT2D eigenvalue weighted by Crippen LogP contribution is 2.44. The van der Waals surface area contributed by atoms with Crippen LogP contribution in [0.2, 0.25) is 0 Å². The van der Waals surface area contributed by atoms with Crippen molar-refractivity contribution in [2.45, 2.75) is 52.2 Å². The topological polar surface area (TPSA) is 73.9 Å². The number of ether oxygens (including phenoxy) is 3. The number of esters is 1. The molecule has 3 aromatic carbocycles. The number of hydrogen-bond donors (Lipinski definition) is 1. The van der Waals surface area contributed by atoms with Crippen LogP contribution < -0.4 is 10.1 Å². The minimum atomic E-state index is -0.760. The van der Waals surface area contributed by atoms with E-state index in [1.54, 1.807) is 7.11 Å². The number of carbonyl (C=O) groups is 2. The molecule has 1 N–H and O–H groups in total. The van der Waals surface area contributed by atoms with Crippen LogP contribution in [0.3, 0.4) is 0 Å². The molecule has 1 aliphatic rings. The van der Waals surface area contributed by atoms with Crippen molar-refractivity contribution >= 4 is 12.1 Å². The zero-order chi connectivity index (χ0) is 24.6. The molecule has 4 rings (SSSR count). The molecule has 0 bridgehead atoms. The number of benzene rings is 3. The molecule has 6 nitrogen and oxygen atoms in total. The van der Waals surface area contributed by atoms with Crippen LogP contribution in [0, 0.1) is 0 Å². The van der Waals surface area contributed by atoms with Crippen LogP contribution in [0.15, 0.2) is 72.8 Å². The number of methoxy groups -OCH3 is 1. The number of unbranched alkanes of at least 4 members (excludes halogenated alkanes) is 1. The zero-order valence-electron chi connectivity index (χ0n) is 20.2. The van der Waals surface area contributed by atoms with Gasteiger partial charge in [0.2, 0.25) is 0 Å². The normalized spacial score (nSPS) is 12.5. The molecule has 0 fully saturated rings. The van der Waals surface area contributed by atoms with Crippen molar-refractivity contribution in [1.82, 2.24) is 5.32 Å². The van der Waals surface area contributed by atoms with Crippen molar-refractivity contribution in [3.05, 3.63) is 89.5 Å². The summed E-state index contributed by atoms with van der Waals surface area (Å²) in [6, 6.07) is 22.9. The molecule has 1 aliphatic carbocycles. The highest BCUT2D eigenvalue weighted by Gasteiger charge is 2.30. The van der Waals surface area contributed by atoms with E-state index in [0.717, 1.165) is 35.3 Å². The zero-order valence-corrected chi connectivity index (χ0v) is 20.2. The average Bonchev–Trinajstić information content (AvgIpc) is 3.22. The molecule has 6 heteroatoms. The molecular formula is C30H35NO5. The van der Waals surface area contributed by atoms with Crippen molar-refractivity contribution in [2.24, 2.45) is 0 Å². The number of rotatable bonds is 10. The number of nitrogens with one attached hydrogen (secondary N) is 1. The highest BCUT2D eigenvalue weighted by molar-refractivity contribution is 5.82. The molecule has 0 aliphatic heterocycles. The predicted molar refractivity (Wildman–Crippen MR) is 141 cm³/mol. The number of alkyl carbamates (subject to hydrolysis) is 1. The van der Waals surface area contributed by atoms with Gasteiger partial charge in [0, 0.05) is 5.92 Å². The van der Waals surface area contributed by atoms with E-state index in [-0.39, 0.29) is 26.6 Å². The molecule has 0 radical (unpaired) electrons. The van der Waals surface area contributed by atoms with Gasteiger partial charge in [-0.2, -0.15) is 0 Å². The highest BCUT2D eigenvalue weighted by atomic mass is 16.6. The van der Waals surface area contributed by atoms with Crippen molar-refractivity contribution in [1.29, 1.82) is 0 Å². The van der Waals surface area contributed by atoms with Crippen molar-refractivity contribution < 1.29 is 23.8 Å². The summed E-state index contributed by atoms with van der Waals surface area (Å²) in [6.45, 7) is 2.35. The van der Waals surface area contributed by atoms with E-state index in [0.29, 0.717) is 6.42 Å². The van der Waals surface area contributed by atoms with E-state index >= 15 is 0 Å². The minimum Gasteiger partial charge on any atom is -0.497 e. The first-order valence-electron chi connectivity index (χ1n) is 12.0. The molecular weight excluding hydrogens is 454 g/mol. The fourth-order valence-corrected chi connectivity index (χ4v) is 4.42. The number of fused-ring (bicyclic) bond motifs is 3. The van der Waals surface area contributed by atoms with Crippen LogP contribution in [-0.2, 0) is 20.9 Å². The Balaban J connectivity index is 0.00000361. The van der Waals surface area contributed by atoms with Gasteiger partial charge < -0.3 is 19.5 Å². The van der Waals surface area contributed by atoms with Crippen LogP contribution in [0.1, 0.15) is 56.2 Å². The largest absolute Gasteiger partial charge is 0.497 e. The van der Waals surface area contributed by atoms with Gasteiger partial charge in [-0.3, -0.25) is 0 Å². The lowest BCUT2D eigenvalue weighted by Gasteiger charge is -2.19.